The van der Waals surface area contributed by atoms with Gasteiger partial charge in [0.15, 0.2) is 0 Å². The van der Waals surface area contributed by atoms with Gasteiger partial charge in [-0.2, -0.15) is 0 Å². The van der Waals surface area contributed by atoms with E-state index in [1.165, 1.54) is 10.8 Å². The predicted molar refractivity (Wildman–Crippen MR) is 118 cm³/mol. The molecule has 10 nitrogen and oxygen atoms in total. The van der Waals surface area contributed by atoms with Crippen LogP contribution in [-0.4, -0.2) is 159 Å². The molecule has 0 aromatic carbocycles. The van der Waals surface area contributed by atoms with Gasteiger partial charge in [-0.3, -0.25) is 19.2 Å². The minimum atomic E-state index is 0. The zero-order valence-electron chi connectivity index (χ0n) is 17.3. The molecule has 0 aliphatic rings. The van der Waals surface area contributed by atoms with Gasteiger partial charge in [-0.15, -0.1) is 0 Å². The Hall–Kier alpha value is -1.44. The van der Waals surface area contributed by atoms with Crippen molar-refractivity contribution in [3.05, 3.63) is 0 Å². The van der Waals surface area contributed by atoms with Gasteiger partial charge in [0.2, 0.25) is 0 Å². The monoisotopic (exact) mass is 452 g/mol. The molecule has 0 aliphatic carbocycles. The van der Waals surface area contributed by atoms with Crippen LogP contribution in [0.4, 0.5) is 0 Å². The number of hydrogen-bond donors (Lipinski definition) is 0. The molecule has 0 rings (SSSR count). The van der Waals surface area contributed by atoms with Gasteiger partial charge in [-0.1, -0.05) is 10.8 Å². The van der Waals surface area contributed by atoms with E-state index in [9.17, 15) is 0 Å². The van der Waals surface area contributed by atoms with E-state index in [0.29, 0.717) is 0 Å². The molecule has 0 radical (unpaired) electrons. The summed E-state index contributed by atoms with van der Waals surface area (Å²) in [5.74, 6) is 0. The van der Waals surface area contributed by atoms with Gasteiger partial charge in [0.25, 0.3) is 0 Å². The normalized spacial score (nSPS) is 5.56. The molecular formula is C14H32CaN6O4S2+4. The van der Waals surface area contributed by atoms with E-state index >= 15 is 0 Å². The zero-order valence-corrected chi connectivity index (χ0v) is 21.1. The maximum Gasteiger partial charge on any atom is 2.00 e. The van der Waals surface area contributed by atoms with Gasteiger partial charge in [-0.05, 0) is 0 Å². The average Bonchev–Trinajstić information content (AvgIpc) is 2.57. The first-order valence-electron chi connectivity index (χ1n) is 6.50. The molecule has 0 heterocycles. The molecule has 0 atom stereocenters. The Morgan fingerprint density at radius 3 is 0.593 bits per heavy atom. The Bertz CT molecular complexity index is 327. The Balaban J connectivity index is -0.0000000358. The molecule has 0 bridgehead atoms. The van der Waals surface area contributed by atoms with Gasteiger partial charge in [-0.25, -0.2) is 10.5 Å². The van der Waals surface area contributed by atoms with Gasteiger partial charge in [0, 0.05) is 56.4 Å². The molecule has 4 N–H and O–H groups in total. The molecule has 0 fully saturated rings. The molecule has 0 aromatic heterocycles. The standard InChI is InChI=1S/4C3H7NO.2CHNS.Ca/c4*1-4(2)3-5;2*2-1-3;/h4*3H,1-2H3;2*3H;/q;;;;;;+2/p+2. The van der Waals surface area contributed by atoms with Crippen LogP contribution in [0.15, 0.2) is 0 Å². The molecule has 152 valence electrons. The van der Waals surface area contributed by atoms with Crippen molar-refractivity contribution in [3.8, 4) is 10.8 Å². The van der Waals surface area contributed by atoms with Crippen molar-refractivity contribution in [2.24, 2.45) is 0 Å². The third-order valence-electron chi connectivity index (χ3n) is 0.924. The molecule has 0 aromatic rings. The maximum atomic E-state index is 7.94. The topological polar surface area (TPSA) is 146 Å². The third-order valence-corrected chi connectivity index (χ3v) is 0.924. The fraction of sp³-hybridized carbons (Fsp3) is 0.571. The summed E-state index contributed by atoms with van der Waals surface area (Å²) in [5.41, 5.74) is 0. The van der Waals surface area contributed by atoms with Crippen LogP contribution in [-0.2, 0) is 25.3 Å². The molecule has 4 amide bonds. The zero-order chi connectivity index (χ0) is 22.6. The fourth-order valence-corrected chi connectivity index (χ4v) is 0. The summed E-state index contributed by atoms with van der Waals surface area (Å²) in [6.45, 7) is 0. The minimum absolute atomic E-state index is 0. The van der Waals surface area contributed by atoms with Crippen LogP contribution in [0.5, 0.6) is 0 Å². The first-order valence-corrected chi connectivity index (χ1v) is 7.32. The number of rotatable bonds is 4. The van der Waals surface area contributed by atoms with Crippen molar-refractivity contribution in [2.45, 2.75) is 0 Å². The van der Waals surface area contributed by atoms with Crippen molar-refractivity contribution < 1.29 is 19.2 Å². The second-order valence-corrected chi connectivity index (χ2v) is 4.86. The summed E-state index contributed by atoms with van der Waals surface area (Å²) in [6.07, 6.45) is 4.00. The van der Waals surface area contributed by atoms with E-state index in [1.54, 1.807) is 76.0 Å². The number of nitriles is 2. The van der Waals surface area contributed by atoms with E-state index in [-0.39, 0.29) is 37.7 Å². The number of hydrogen-bond acceptors (Lipinski definition) is 4. The Morgan fingerprint density at radius 2 is 0.593 bits per heavy atom. The third kappa shape index (κ3) is 290. The van der Waals surface area contributed by atoms with Crippen LogP contribution in [0.3, 0.4) is 0 Å². The fourth-order valence-electron chi connectivity index (χ4n) is 0. The van der Waals surface area contributed by atoms with Crippen LogP contribution in [0.1, 0.15) is 0 Å². The predicted octanol–water partition coefficient (Wildman–Crippen LogP) is -1.63. The summed E-state index contributed by atoms with van der Waals surface area (Å²) in [7, 11) is 14.0. The summed E-state index contributed by atoms with van der Waals surface area (Å²) < 4.78 is 0. The molecule has 0 unspecified atom stereocenters. The smallest absolute Gasteiger partial charge is 0.696 e. The summed E-state index contributed by atoms with van der Waals surface area (Å²) in [6, 6.07) is 0. The van der Waals surface area contributed by atoms with Crippen LogP contribution >= 0.6 is 0 Å². The van der Waals surface area contributed by atoms with Gasteiger partial charge in [0.1, 0.15) is 0 Å². The summed E-state index contributed by atoms with van der Waals surface area (Å²) in [4.78, 5) is 38.0. The van der Waals surface area contributed by atoms with Gasteiger partial charge >= 0.3 is 63.4 Å². The van der Waals surface area contributed by atoms with E-state index in [1.807, 2.05) is 0 Å². The molecule has 27 heavy (non-hydrogen) atoms. The van der Waals surface area contributed by atoms with Gasteiger partial charge < -0.3 is 44.9 Å². The first kappa shape index (κ1) is 44.8. The van der Waals surface area contributed by atoms with Crippen LogP contribution in [0, 0.1) is 21.3 Å². The summed E-state index contributed by atoms with van der Waals surface area (Å²) >= 11 is 7.40. The Kier molecular flexibility index (Phi) is 82.4. The quantitative estimate of drug-likeness (QED) is 0.166. The second-order valence-electron chi connectivity index (χ2n) is 4.50. The van der Waals surface area contributed by atoms with Crippen molar-refractivity contribution in [1.29, 1.82) is 10.5 Å². The summed E-state index contributed by atoms with van der Waals surface area (Å²) in [5, 5.41) is 16.9. The van der Waals surface area contributed by atoms with E-state index in [4.69, 9.17) is 29.7 Å². The number of amides is 4. The molecule has 13 heteroatoms. The van der Waals surface area contributed by atoms with Crippen molar-refractivity contribution in [3.63, 3.8) is 0 Å². The van der Waals surface area contributed by atoms with Crippen LogP contribution in [0.2, 0.25) is 0 Å². The average molecular weight is 453 g/mol. The van der Waals surface area contributed by atoms with Crippen molar-refractivity contribution in [2.75, 3.05) is 56.4 Å². The molecule has 0 aliphatic heterocycles. The van der Waals surface area contributed by atoms with Gasteiger partial charge in [0.05, 0.1) is 0 Å². The molecule has 0 spiro atoms. The van der Waals surface area contributed by atoms with Crippen LogP contribution < -0.4 is 0 Å². The Morgan fingerprint density at radius 1 is 0.556 bits per heavy atom. The Labute approximate surface area is 203 Å². The first-order chi connectivity index (χ1) is 11.9. The molecule has 0 saturated carbocycles. The minimum Gasteiger partial charge on any atom is -0.696 e. The molecule has 0 saturated heterocycles. The number of nitrogens with zero attached hydrogens (tertiary/aromatic N) is 6. The van der Waals surface area contributed by atoms with E-state index < -0.39 is 0 Å². The van der Waals surface area contributed by atoms with E-state index in [2.05, 4.69) is 25.3 Å². The van der Waals surface area contributed by atoms with E-state index in [0.717, 1.165) is 25.6 Å². The number of thiocyanates is 2. The SMILES string of the molecule is CN(C)C=[OH+].CN(C)C=[OH+].CN(C)C=[OH+].CN(C)C=[OH+].N#C[S-].N#C[S-].[Ca+2]. The molecular weight excluding hydrogens is 420 g/mol. The van der Waals surface area contributed by atoms with Crippen molar-refractivity contribution in [1.82, 2.24) is 19.6 Å². The van der Waals surface area contributed by atoms with Crippen LogP contribution in [0.25, 0.3) is 0 Å². The maximum absolute atomic E-state index is 7.94. The largest absolute Gasteiger partial charge is 2.00 e. The van der Waals surface area contributed by atoms with Crippen molar-refractivity contribution >= 4 is 88.6 Å². The second kappa shape index (κ2) is 49.7. The number of carbonyl (C=O) groups excluding carboxylic acids is 4.